The predicted molar refractivity (Wildman–Crippen MR) is 122 cm³/mol. The quantitative estimate of drug-likeness (QED) is 0.411. The third-order valence-corrected chi connectivity index (χ3v) is 6.89. The van der Waals surface area contributed by atoms with Gasteiger partial charge in [0.2, 0.25) is 0 Å². The van der Waals surface area contributed by atoms with Gasteiger partial charge in [-0.1, -0.05) is 0 Å². The van der Waals surface area contributed by atoms with E-state index in [1.54, 1.807) is 24.3 Å². The van der Waals surface area contributed by atoms with Crippen LogP contribution in [-0.2, 0) is 23.9 Å². The van der Waals surface area contributed by atoms with Crippen LogP contribution in [0.4, 0.5) is 32.6 Å². The fraction of sp³-hybridized carbons (Fsp3) is 0.269. The number of nitrogens with one attached hydrogen (secondary N) is 2. The number of rotatable bonds is 6. The number of ketones is 1. The highest BCUT2D eigenvalue weighted by atomic mass is 19.4. The number of benzene rings is 2. The van der Waals surface area contributed by atoms with Gasteiger partial charge in [0.25, 0.3) is 0 Å². The van der Waals surface area contributed by atoms with Crippen LogP contribution < -0.4 is 20.1 Å². The molecular formula is C26H18F5N3O4. The second-order valence-corrected chi connectivity index (χ2v) is 9.36. The normalized spacial score (nSPS) is 20.9. The van der Waals surface area contributed by atoms with Crippen LogP contribution in [0, 0.1) is 17.6 Å². The number of ether oxygens (including phenoxy) is 2. The van der Waals surface area contributed by atoms with Crippen molar-refractivity contribution in [3.63, 3.8) is 0 Å². The molecule has 1 fully saturated rings. The number of pyridine rings is 1. The summed E-state index contributed by atoms with van der Waals surface area (Å²) in [7, 11) is 0. The molecule has 0 unspecified atom stereocenters. The highest BCUT2D eigenvalue weighted by molar-refractivity contribution is 5.91. The van der Waals surface area contributed by atoms with Crippen molar-refractivity contribution in [3.8, 4) is 17.2 Å². The summed E-state index contributed by atoms with van der Waals surface area (Å²) in [6.45, 7) is 0.242. The molecule has 2 aliphatic heterocycles. The molecule has 38 heavy (non-hydrogen) atoms. The van der Waals surface area contributed by atoms with Gasteiger partial charge in [-0.3, -0.25) is 10.1 Å². The Morgan fingerprint density at radius 1 is 1.13 bits per heavy atom. The first-order chi connectivity index (χ1) is 18.1. The summed E-state index contributed by atoms with van der Waals surface area (Å²) in [5.74, 6) is -1.69. The minimum absolute atomic E-state index is 0.0265. The molecule has 0 spiro atoms. The van der Waals surface area contributed by atoms with Gasteiger partial charge in [-0.15, -0.1) is 0 Å². The Morgan fingerprint density at radius 3 is 2.74 bits per heavy atom. The minimum Gasteiger partial charge on any atom is -0.489 e. The molecule has 196 valence electrons. The van der Waals surface area contributed by atoms with Crippen LogP contribution in [0.15, 0.2) is 42.6 Å². The number of carbonyl (C=O) groups excluding carboxylic acids is 2. The zero-order valence-electron chi connectivity index (χ0n) is 19.4. The Bertz CT molecular complexity index is 1490. The number of fused-ring (bicyclic) bond motifs is 4. The molecule has 3 heterocycles. The van der Waals surface area contributed by atoms with Crippen LogP contribution >= 0.6 is 0 Å². The van der Waals surface area contributed by atoms with Crippen LogP contribution in [0.5, 0.6) is 17.2 Å². The van der Waals surface area contributed by atoms with E-state index in [-0.39, 0.29) is 43.0 Å². The Labute approximate surface area is 212 Å². The SMILES string of the molecule is O=C(Cc1cc(C(F)(F)F)c(F)cc1F)C[C@@H]1[C@H]2Oc3ccc(Oc4ccnc5c4CNC(=O)N5)cc3[C@@H]12. The average molecular weight is 531 g/mol. The zero-order chi connectivity index (χ0) is 26.8. The van der Waals surface area contributed by atoms with Crippen LogP contribution in [0.3, 0.4) is 0 Å². The maximum atomic E-state index is 14.1. The number of halogens is 5. The number of Topliss-reactive ketones (excluding diaryl/α,β-unsaturated/α-hetero) is 1. The van der Waals surface area contributed by atoms with E-state index < -0.39 is 41.1 Å². The lowest BCUT2D eigenvalue weighted by Crippen LogP contribution is -2.34. The molecule has 2 amide bonds. The maximum absolute atomic E-state index is 14.1. The highest BCUT2D eigenvalue weighted by Crippen LogP contribution is 2.60. The van der Waals surface area contributed by atoms with E-state index >= 15 is 0 Å². The van der Waals surface area contributed by atoms with Gasteiger partial charge < -0.3 is 14.8 Å². The molecule has 2 aromatic carbocycles. The Balaban J connectivity index is 1.14. The number of carbonyl (C=O) groups is 2. The Kier molecular flexibility index (Phi) is 5.51. The van der Waals surface area contributed by atoms with Crippen molar-refractivity contribution in [2.75, 3.05) is 5.32 Å². The van der Waals surface area contributed by atoms with Gasteiger partial charge >= 0.3 is 12.2 Å². The van der Waals surface area contributed by atoms with E-state index in [0.29, 0.717) is 34.7 Å². The molecule has 0 bridgehead atoms. The first-order valence-electron chi connectivity index (χ1n) is 11.7. The molecule has 3 aliphatic rings. The second kappa shape index (κ2) is 8.67. The fourth-order valence-electron chi connectivity index (χ4n) is 5.05. The number of hydrogen-bond donors (Lipinski definition) is 2. The molecule has 1 saturated carbocycles. The summed E-state index contributed by atoms with van der Waals surface area (Å²) < 4.78 is 78.5. The number of anilines is 1. The molecule has 3 atom stereocenters. The molecule has 3 aromatic rings. The maximum Gasteiger partial charge on any atom is 0.419 e. The van der Waals surface area contributed by atoms with Crippen molar-refractivity contribution < 1.29 is 41.0 Å². The second-order valence-electron chi connectivity index (χ2n) is 9.36. The van der Waals surface area contributed by atoms with Crippen LogP contribution in [0.2, 0.25) is 0 Å². The summed E-state index contributed by atoms with van der Waals surface area (Å²) in [6.07, 6.45) is -4.38. The van der Waals surface area contributed by atoms with Gasteiger partial charge in [-0.25, -0.2) is 18.6 Å². The molecular weight excluding hydrogens is 513 g/mol. The topological polar surface area (TPSA) is 89.6 Å². The van der Waals surface area contributed by atoms with Gasteiger partial charge in [0, 0.05) is 42.5 Å². The first-order valence-corrected chi connectivity index (χ1v) is 11.7. The molecule has 0 saturated heterocycles. The molecule has 0 radical (unpaired) electrons. The fourth-order valence-corrected chi connectivity index (χ4v) is 5.05. The minimum atomic E-state index is -5.00. The number of nitrogens with zero attached hydrogens (tertiary/aromatic N) is 1. The largest absolute Gasteiger partial charge is 0.489 e. The standard InChI is InChI=1S/C26H18F5N3O4/c27-18-9-19(28)17(26(29,30)31)6-11(18)5-12(35)7-15-22-14-8-13(1-2-20(14)38-23(15)22)37-21-3-4-32-24-16(21)10-33-25(36)34-24/h1-4,6,8-9,15,22-23H,5,7,10H2,(H2,32,33,34,36)/t15-,22-,23+/m0/s1. The van der Waals surface area contributed by atoms with E-state index in [9.17, 15) is 31.5 Å². The van der Waals surface area contributed by atoms with Crippen LogP contribution in [0.1, 0.15) is 34.6 Å². The zero-order valence-corrected chi connectivity index (χ0v) is 19.4. The van der Waals surface area contributed by atoms with Crippen molar-refractivity contribution in [3.05, 3.63) is 76.5 Å². The van der Waals surface area contributed by atoms with Crippen molar-refractivity contribution >= 4 is 17.6 Å². The van der Waals surface area contributed by atoms with E-state index in [2.05, 4.69) is 15.6 Å². The van der Waals surface area contributed by atoms with Gasteiger partial charge in [-0.2, -0.15) is 13.2 Å². The summed E-state index contributed by atoms with van der Waals surface area (Å²) in [4.78, 5) is 28.3. The molecule has 2 N–H and O–H groups in total. The third-order valence-electron chi connectivity index (χ3n) is 6.89. The van der Waals surface area contributed by atoms with Crippen molar-refractivity contribution in [2.24, 2.45) is 5.92 Å². The van der Waals surface area contributed by atoms with Crippen molar-refractivity contribution in [1.29, 1.82) is 0 Å². The van der Waals surface area contributed by atoms with Gasteiger partial charge in [-0.05, 0) is 35.9 Å². The Morgan fingerprint density at radius 2 is 1.95 bits per heavy atom. The van der Waals surface area contributed by atoms with Crippen LogP contribution in [-0.4, -0.2) is 22.9 Å². The van der Waals surface area contributed by atoms with Gasteiger partial charge in [0.05, 0.1) is 17.7 Å². The molecule has 7 nitrogen and oxygen atoms in total. The summed E-state index contributed by atoms with van der Waals surface area (Å²) in [6, 6.07) is 7.08. The number of aromatic nitrogens is 1. The van der Waals surface area contributed by atoms with E-state index in [4.69, 9.17) is 9.47 Å². The Hall–Kier alpha value is -4.22. The predicted octanol–water partition coefficient (Wildman–Crippen LogP) is 5.48. The highest BCUT2D eigenvalue weighted by Gasteiger charge is 2.59. The molecule has 1 aromatic heterocycles. The number of alkyl halides is 3. The summed E-state index contributed by atoms with van der Waals surface area (Å²) >= 11 is 0. The lowest BCUT2D eigenvalue weighted by atomic mass is 9.99. The van der Waals surface area contributed by atoms with Crippen LogP contribution in [0.25, 0.3) is 0 Å². The number of urea groups is 1. The summed E-state index contributed by atoms with van der Waals surface area (Å²) in [5, 5.41) is 5.27. The van der Waals surface area contributed by atoms with E-state index in [1.807, 2.05) is 0 Å². The van der Waals surface area contributed by atoms with E-state index in [0.717, 1.165) is 5.56 Å². The lowest BCUT2D eigenvalue weighted by molar-refractivity contribution is -0.140. The van der Waals surface area contributed by atoms with Gasteiger partial charge in [0.1, 0.15) is 46.6 Å². The number of amides is 2. The third kappa shape index (κ3) is 4.29. The molecule has 6 rings (SSSR count). The lowest BCUT2D eigenvalue weighted by Gasteiger charge is -2.20. The van der Waals surface area contributed by atoms with Crippen molar-refractivity contribution in [1.82, 2.24) is 10.3 Å². The average Bonchev–Trinajstić information content (AvgIpc) is 3.36. The van der Waals surface area contributed by atoms with Crippen molar-refractivity contribution in [2.45, 2.75) is 37.6 Å². The first kappa shape index (κ1) is 24.1. The monoisotopic (exact) mass is 531 g/mol. The summed E-state index contributed by atoms with van der Waals surface area (Å²) in [5.41, 5.74) is -0.605. The molecule has 12 heteroatoms. The van der Waals surface area contributed by atoms with Gasteiger partial charge in [0.15, 0.2) is 0 Å². The van der Waals surface area contributed by atoms with E-state index in [1.165, 1.54) is 6.20 Å². The number of hydrogen-bond acceptors (Lipinski definition) is 5. The smallest absolute Gasteiger partial charge is 0.419 e. The molecule has 1 aliphatic carbocycles.